The third kappa shape index (κ3) is 3.66. The second-order valence-electron chi connectivity index (χ2n) is 3.26. The zero-order chi connectivity index (χ0) is 11.8. The van der Waals surface area contributed by atoms with Gasteiger partial charge in [-0.2, -0.15) is 0 Å². The molecule has 0 unspecified atom stereocenters. The number of rotatable bonds is 5. The van der Waals surface area contributed by atoms with E-state index in [9.17, 15) is 4.79 Å². The van der Waals surface area contributed by atoms with Gasteiger partial charge < -0.3 is 10.1 Å². The summed E-state index contributed by atoms with van der Waals surface area (Å²) >= 11 is 0. The van der Waals surface area contributed by atoms with Gasteiger partial charge in [0.05, 0.1) is 13.2 Å². The Morgan fingerprint density at radius 1 is 1.56 bits per heavy atom. The van der Waals surface area contributed by atoms with Crippen LogP contribution in [0, 0.1) is 12.3 Å². The van der Waals surface area contributed by atoms with Crippen molar-refractivity contribution in [1.29, 1.82) is 0 Å². The molecule has 0 fully saturated rings. The molecule has 0 atom stereocenters. The minimum Gasteiger partial charge on any atom is -0.494 e. The third-order valence-corrected chi connectivity index (χ3v) is 1.92. The number of hydrogen-bond donors (Lipinski definition) is 1. The van der Waals surface area contributed by atoms with E-state index in [2.05, 4.69) is 11.2 Å². The van der Waals surface area contributed by atoms with Crippen LogP contribution in [0.15, 0.2) is 24.3 Å². The summed E-state index contributed by atoms with van der Waals surface area (Å²) in [6.45, 7) is 2.91. The van der Waals surface area contributed by atoms with Gasteiger partial charge in [-0.3, -0.25) is 4.79 Å². The van der Waals surface area contributed by atoms with Crippen LogP contribution in [0.25, 0.3) is 0 Å². The standard InChI is InChI=1S/C13H15NO2/c1-3-8-14-13(15)11-6-5-7-12(10-11)16-9-4-2/h1,5-7,10H,4,8-9H2,2H3,(H,14,15). The van der Waals surface area contributed by atoms with E-state index in [4.69, 9.17) is 11.2 Å². The van der Waals surface area contributed by atoms with Crippen LogP contribution in [0.2, 0.25) is 0 Å². The van der Waals surface area contributed by atoms with Crippen LogP contribution in [0.1, 0.15) is 23.7 Å². The van der Waals surface area contributed by atoms with Gasteiger partial charge in [-0.15, -0.1) is 6.42 Å². The van der Waals surface area contributed by atoms with E-state index in [1.807, 2.05) is 13.0 Å². The lowest BCUT2D eigenvalue weighted by Crippen LogP contribution is -2.23. The molecule has 0 radical (unpaired) electrons. The fourth-order valence-corrected chi connectivity index (χ4v) is 1.18. The predicted molar refractivity (Wildman–Crippen MR) is 63.4 cm³/mol. The molecule has 0 saturated heterocycles. The Bertz CT molecular complexity index is 393. The van der Waals surface area contributed by atoms with Crippen LogP contribution >= 0.6 is 0 Å². The lowest BCUT2D eigenvalue weighted by atomic mass is 10.2. The van der Waals surface area contributed by atoms with Crippen molar-refractivity contribution in [3.8, 4) is 18.1 Å². The van der Waals surface area contributed by atoms with Crippen molar-refractivity contribution in [2.75, 3.05) is 13.2 Å². The van der Waals surface area contributed by atoms with E-state index >= 15 is 0 Å². The van der Waals surface area contributed by atoms with Crippen molar-refractivity contribution in [3.05, 3.63) is 29.8 Å². The molecule has 16 heavy (non-hydrogen) atoms. The summed E-state index contributed by atoms with van der Waals surface area (Å²) in [5, 5.41) is 2.60. The average molecular weight is 217 g/mol. The first kappa shape index (κ1) is 12.1. The Kier molecular flexibility index (Phi) is 4.94. The fourth-order valence-electron chi connectivity index (χ4n) is 1.18. The Hall–Kier alpha value is -1.95. The maximum absolute atomic E-state index is 11.6. The van der Waals surface area contributed by atoms with Gasteiger partial charge in [0.2, 0.25) is 0 Å². The van der Waals surface area contributed by atoms with Crippen LogP contribution in [-0.2, 0) is 0 Å². The van der Waals surface area contributed by atoms with E-state index in [0.717, 1.165) is 6.42 Å². The molecule has 1 N–H and O–H groups in total. The molecule has 3 nitrogen and oxygen atoms in total. The number of carbonyl (C=O) groups is 1. The predicted octanol–water partition coefficient (Wildman–Crippen LogP) is 1.84. The normalized spacial score (nSPS) is 9.25. The molecule has 0 aliphatic rings. The van der Waals surface area contributed by atoms with Crippen LogP contribution in [-0.4, -0.2) is 19.1 Å². The maximum atomic E-state index is 11.6. The molecule has 0 saturated carbocycles. The highest BCUT2D eigenvalue weighted by Crippen LogP contribution is 2.13. The van der Waals surface area contributed by atoms with E-state index < -0.39 is 0 Å². The molecule has 1 aromatic carbocycles. The lowest BCUT2D eigenvalue weighted by molar-refractivity contribution is 0.0958. The van der Waals surface area contributed by atoms with Crippen molar-refractivity contribution in [2.24, 2.45) is 0 Å². The van der Waals surface area contributed by atoms with Crippen LogP contribution < -0.4 is 10.1 Å². The first-order chi connectivity index (χ1) is 7.77. The van der Waals surface area contributed by atoms with Gasteiger partial charge in [-0.05, 0) is 24.6 Å². The number of amides is 1. The van der Waals surface area contributed by atoms with Gasteiger partial charge in [-0.25, -0.2) is 0 Å². The number of nitrogens with one attached hydrogen (secondary N) is 1. The minimum absolute atomic E-state index is 0.181. The van der Waals surface area contributed by atoms with Crippen LogP contribution in [0.4, 0.5) is 0 Å². The summed E-state index contributed by atoms with van der Waals surface area (Å²) in [5.41, 5.74) is 0.559. The van der Waals surface area contributed by atoms with Gasteiger partial charge in [0.25, 0.3) is 5.91 Å². The molecule has 0 bridgehead atoms. The van der Waals surface area contributed by atoms with Crippen molar-refractivity contribution >= 4 is 5.91 Å². The van der Waals surface area contributed by atoms with Gasteiger partial charge in [0.15, 0.2) is 0 Å². The molecular weight excluding hydrogens is 202 g/mol. The second-order valence-corrected chi connectivity index (χ2v) is 3.26. The smallest absolute Gasteiger partial charge is 0.252 e. The molecule has 3 heteroatoms. The summed E-state index contributed by atoms with van der Waals surface area (Å²) in [5.74, 6) is 2.88. The second kappa shape index (κ2) is 6.52. The van der Waals surface area contributed by atoms with Crippen molar-refractivity contribution in [2.45, 2.75) is 13.3 Å². The Morgan fingerprint density at radius 3 is 3.06 bits per heavy atom. The number of hydrogen-bond acceptors (Lipinski definition) is 2. The van der Waals surface area contributed by atoms with Gasteiger partial charge in [0, 0.05) is 5.56 Å². The fraction of sp³-hybridized carbons (Fsp3) is 0.308. The number of ether oxygens (including phenoxy) is 1. The van der Waals surface area contributed by atoms with Crippen molar-refractivity contribution < 1.29 is 9.53 Å². The van der Waals surface area contributed by atoms with Crippen molar-refractivity contribution in [3.63, 3.8) is 0 Å². The number of carbonyl (C=O) groups excluding carboxylic acids is 1. The number of benzene rings is 1. The zero-order valence-electron chi connectivity index (χ0n) is 9.32. The largest absolute Gasteiger partial charge is 0.494 e. The maximum Gasteiger partial charge on any atom is 0.252 e. The molecule has 0 aromatic heterocycles. The monoisotopic (exact) mass is 217 g/mol. The summed E-state index contributed by atoms with van der Waals surface area (Å²) < 4.78 is 5.43. The summed E-state index contributed by atoms with van der Waals surface area (Å²) in [6.07, 6.45) is 6.00. The zero-order valence-corrected chi connectivity index (χ0v) is 9.32. The highest BCUT2D eigenvalue weighted by molar-refractivity contribution is 5.94. The third-order valence-electron chi connectivity index (χ3n) is 1.92. The average Bonchev–Trinajstić information content (AvgIpc) is 2.33. The summed E-state index contributed by atoms with van der Waals surface area (Å²) in [6, 6.07) is 7.05. The molecule has 0 aliphatic heterocycles. The van der Waals surface area contributed by atoms with Crippen molar-refractivity contribution in [1.82, 2.24) is 5.32 Å². The van der Waals surface area contributed by atoms with Gasteiger partial charge in [0.1, 0.15) is 5.75 Å². The molecule has 84 valence electrons. The summed E-state index contributed by atoms with van der Waals surface area (Å²) in [7, 11) is 0. The Morgan fingerprint density at radius 2 is 2.38 bits per heavy atom. The Balaban J connectivity index is 2.66. The molecule has 1 rings (SSSR count). The minimum atomic E-state index is -0.181. The van der Waals surface area contributed by atoms with Crippen LogP contribution in [0.5, 0.6) is 5.75 Å². The first-order valence-corrected chi connectivity index (χ1v) is 5.22. The number of terminal acetylenes is 1. The highest BCUT2D eigenvalue weighted by Gasteiger charge is 2.04. The quantitative estimate of drug-likeness (QED) is 0.764. The molecule has 1 amide bonds. The van der Waals surface area contributed by atoms with E-state index in [0.29, 0.717) is 17.9 Å². The van der Waals surface area contributed by atoms with E-state index in [1.54, 1.807) is 18.2 Å². The molecule has 0 aliphatic carbocycles. The molecular formula is C13H15NO2. The summed E-state index contributed by atoms with van der Waals surface area (Å²) in [4.78, 5) is 11.6. The Labute approximate surface area is 95.8 Å². The topological polar surface area (TPSA) is 38.3 Å². The van der Waals surface area contributed by atoms with Gasteiger partial charge >= 0.3 is 0 Å². The lowest BCUT2D eigenvalue weighted by Gasteiger charge is -2.06. The molecule has 1 aromatic rings. The van der Waals surface area contributed by atoms with Crippen LogP contribution in [0.3, 0.4) is 0 Å². The first-order valence-electron chi connectivity index (χ1n) is 5.22. The SMILES string of the molecule is C#CCNC(=O)c1cccc(OCCC)c1. The van der Waals surface area contributed by atoms with E-state index in [1.165, 1.54) is 0 Å². The van der Waals surface area contributed by atoms with E-state index in [-0.39, 0.29) is 12.5 Å². The van der Waals surface area contributed by atoms with Gasteiger partial charge in [-0.1, -0.05) is 18.9 Å². The molecule has 0 heterocycles. The highest BCUT2D eigenvalue weighted by atomic mass is 16.5. The molecule has 0 spiro atoms.